The predicted molar refractivity (Wildman–Crippen MR) is 119 cm³/mol. The molecule has 0 amide bonds. The van der Waals surface area contributed by atoms with E-state index in [0.29, 0.717) is 19.1 Å². The van der Waals surface area contributed by atoms with Gasteiger partial charge in [0, 0.05) is 56.8 Å². The van der Waals surface area contributed by atoms with Gasteiger partial charge in [0.05, 0.1) is 18.0 Å². The number of guanidine groups is 1. The molecular formula is C20H38N6O2S. The smallest absolute Gasteiger partial charge is 0.191 e. The lowest BCUT2D eigenvalue weighted by atomic mass is 10.1. The van der Waals surface area contributed by atoms with Gasteiger partial charge in [0.1, 0.15) is 9.84 Å². The van der Waals surface area contributed by atoms with Gasteiger partial charge in [0.15, 0.2) is 5.96 Å². The molecule has 0 saturated carbocycles. The topological polar surface area (TPSA) is 91.6 Å². The second kappa shape index (κ2) is 11.0. The maximum atomic E-state index is 11.4. The molecule has 2 heterocycles. The van der Waals surface area contributed by atoms with E-state index in [1.165, 1.54) is 17.5 Å². The Balaban J connectivity index is 1.96. The lowest BCUT2D eigenvalue weighted by Gasteiger charge is -2.32. The fourth-order valence-corrected chi connectivity index (χ4v) is 4.43. The summed E-state index contributed by atoms with van der Waals surface area (Å²) in [4.78, 5) is 7.08. The summed E-state index contributed by atoms with van der Waals surface area (Å²) < 4.78 is 24.7. The highest BCUT2D eigenvalue weighted by Crippen LogP contribution is 2.17. The highest BCUT2D eigenvalue weighted by molar-refractivity contribution is 7.90. The highest BCUT2D eigenvalue weighted by atomic mass is 32.2. The number of nitrogens with zero attached hydrogens (tertiary/aromatic N) is 4. The monoisotopic (exact) mass is 426 g/mol. The van der Waals surface area contributed by atoms with Crippen molar-refractivity contribution in [2.45, 2.75) is 59.0 Å². The minimum atomic E-state index is -2.90. The zero-order valence-corrected chi connectivity index (χ0v) is 19.5. The summed E-state index contributed by atoms with van der Waals surface area (Å²) in [7, 11) is -0.894. The van der Waals surface area contributed by atoms with Crippen molar-refractivity contribution in [3.63, 3.8) is 0 Å². The number of aryl methyl sites for hydroxylation is 2. The molecule has 0 aliphatic carbocycles. The molecule has 2 rings (SSSR count). The van der Waals surface area contributed by atoms with E-state index < -0.39 is 9.84 Å². The van der Waals surface area contributed by atoms with Crippen molar-refractivity contribution >= 4 is 15.8 Å². The first kappa shape index (κ1) is 23.7. The van der Waals surface area contributed by atoms with Crippen molar-refractivity contribution in [3.8, 4) is 0 Å². The molecule has 1 aromatic heterocycles. The number of rotatable bonds is 9. The molecule has 9 heteroatoms. The molecule has 166 valence electrons. The average molecular weight is 427 g/mol. The second-order valence-electron chi connectivity index (χ2n) is 7.79. The number of nitrogens with one attached hydrogen (secondary N) is 2. The van der Waals surface area contributed by atoms with Gasteiger partial charge in [-0.3, -0.25) is 4.68 Å². The second-order valence-corrected chi connectivity index (χ2v) is 10.0. The van der Waals surface area contributed by atoms with E-state index >= 15 is 0 Å². The number of aliphatic imine (C=N–C) groups is 1. The largest absolute Gasteiger partial charge is 0.357 e. The molecule has 2 N–H and O–H groups in total. The Labute approximate surface area is 176 Å². The molecule has 1 fully saturated rings. The van der Waals surface area contributed by atoms with Crippen LogP contribution < -0.4 is 10.6 Å². The van der Waals surface area contributed by atoms with E-state index in [-0.39, 0.29) is 5.75 Å². The lowest BCUT2D eigenvalue weighted by molar-refractivity contribution is 0.216. The summed E-state index contributed by atoms with van der Waals surface area (Å²) >= 11 is 0. The number of piperidine rings is 1. The van der Waals surface area contributed by atoms with Crippen molar-refractivity contribution in [1.82, 2.24) is 25.3 Å². The van der Waals surface area contributed by atoms with E-state index in [4.69, 9.17) is 4.99 Å². The molecule has 0 radical (unpaired) electrons. The number of hydrogen-bond acceptors (Lipinski definition) is 5. The van der Waals surface area contributed by atoms with Gasteiger partial charge in [-0.15, -0.1) is 0 Å². The van der Waals surface area contributed by atoms with Crippen molar-refractivity contribution in [2.24, 2.45) is 12.0 Å². The molecule has 1 saturated heterocycles. The predicted octanol–water partition coefficient (Wildman–Crippen LogP) is 1.11. The Bertz CT molecular complexity index is 779. The van der Waals surface area contributed by atoms with Gasteiger partial charge in [0.25, 0.3) is 0 Å². The van der Waals surface area contributed by atoms with Crippen LogP contribution in [0.5, 0.6) is 0 Å². The molecule has 0 aromatic carbocycles. The third kappa shape index (κ3) is 7.29. The first-order valence-electron chi connectivity index (χ1n) is 10.8. The minimum Gasteiger partial charge on any atom is -0.357 e. The van der Waals surface area contributed by atoms with Crippen LogP contribution in [0.15, 0.2) is 4.99 Å². The van der Waals surface area contributed by atoms with Crippen LogP contribution in [0.1, 0.15) is 50.6 Å². The van der Waals surface area contributed by atoms with Gasteiger partial charge >= 0.3 is 0 Å². The van der Waals surface area contributed by atoms with E-state index in [2.05, 4.69) is 41.4 Å². The lowest BCUT2D eigenvalue weighted by Crippen LogP contribution is -2.49. The summed E-state index contributed by atoms with van der Waals surface area (Å²) in [6, 6.07) is 0.354. The summed E-state index contributed by atoms with van der Waals surface area (Å²) in [5.74, 6) is 1.08. The van der Waals surface area contributed by atoms with Crippen LogP contribution in [0.4, 0.5) is 0 Å². The molecule has 0 atom stereocenters. The number of aromatic nitrogens is 2. The van der Waals surface area contributed by atoms with E-state index in [9.17, 15) is 8.42 Å². The van der Waals surface area contributed by atoms with Crippen molar-refractivity contribution in [1.29, 1.82) is 0 Å². The quantitative estimate of drug-likeness (QED) is 0.454. The molecule has 29 heavy (non-hydrogen) atoms. The van der Waals surface area contributed by atoms with E-state index in [1.54, 1.807) is 0 Å². The van der Waals surface area contributed by atoms with Crippen molar-refractivity contribution in [2.75, 3.05) is 38.2 Å². The standard InChI is InChI=1S/C20H38N6O2S/c1-6-18-17(19(7-2)25(4)24-18)15-22-20(21-8-3)23-16-9-11-26(12-10-16)13-14-29(5,27)28/h16H,6-15H2,1-5H3,(H2,21,22,23). The van der Waals surface area contributed by atoms with Crippen LogP contribution >= 0.6 is 0 Å². The van der Waals surface area contributed by atoms with E-state index in [0.717, 1.165) is 57.0 Å². The molecule has 1 aliphatic rings. The van der Waals surface area contributed by atoms with E-state index in [1.807, 2.05) is 11.7 Å². The van der Waals surface area contributed by atoms with Crippen LogP contribution in [0.25, 0.3) is 0 Å². The Morgan fingerprint density at radius 3 is 2.45 bits per heavy atom. The molecule has 0 unspecified atom stereocenters. The van der Waals surface area contributed by atoms with Gasteiger partial charge in [-0.05, 0) is 32.6 Å². The summed E-state index contributed by atoms with van der Waals surface area (Å²) in [5, 5.41) is 11.6. The Morgan fingerprint density at radius 2 is 1.90 bits per heavy atom. The first-order valence-corrected chi connectivity index (χ1v) is 12.8. The molecule has 1 aliphatic heterocycles. The van der Waals surface area contributed by atoms with Gasteiger partial charge in [0.2, 0.25) is 0 Å². The van der Waals surface area contributed by atoms with Crippen LogP contribution in [-0.4, -0.2) is 73.3 Å². The molecule has 0 bridgehead atoms. The van der Waals surface area contributed by atoms with Gasteiger partial charge in [-0.2, -0.15) is 5.10 Å². The van der Waals surface area contributed by atoms with Crippen LogP contribution in [0.2, 0.25) is 0 Å². The number of sulfone groups is 1. The SMILES string of the molecule is CCNC(=NCc1c(CC)nn(C)c1CC)NC1CCN(CCS(C)(=O)=O)CC1. The fraction of sp³-hybridized carbons (Fsp3) is 0.800. The minimum absolute atomic E-state index is 0.236. The third-order valence-corrected chi connectivity index (χ3v) is 6.40. The molecular weight excluding hydrogens is 388 g/mol. The van der Waals surface area contributed by atoms with Gasteiger partial charge < -0.3 is 15.5 Å². The van der Waals surface area contributed by atoms with Crippen molar-refractivity contribution in [3.05, 3.63) is 17.0 Å². The molecule has 1 aromatic rings. The molecule has 0 spiro atoms. The maximum Gasteiger partial charge on any atom is 0.191 e. The number of likely N-dealkylation sites (tertiary alicyclic amines) is 1. The van der Waals surface area contributed by atoms with Crippen LogP contribution in [0.3, 0.4) is 0 Å². The summed E-state index contributed by atoms with van der Waals surface area (Å²) in [6.07, 6.45) is 5.14. The van der Waals surface area contributed by atoms with Crippen molar-refractivity contribution < 1.29 is 8.42 Å². The van der Waals surface area contributed by atoms with Crippen LogP contribution in [-0.2, 0) is 36.3 Å². The Hall–Kier alpha value is -1.61. The van der Waals surface area contributed by atoms with Crippen LogP contribution in [0, 0.1) is 0 Å². The van der Waals surface area contributed by atoms with Gasteiger partial charge in [-0.25, -0.2) is 13.4 Å². The first-order chi connectivity index (χ1) is 13.8. The fourth-order valence-electron chi connectivity index (χ4n) is 3.84. The highest BCUT2D eigenvalue weighted by Gasteiger charge is 2.21. The Kier molecular flexibility index (Phi) is 8.95. The van der Waals surface area contributed by atoms with Gasteiger partial charge in [-0.1, -0.05) is 13.8 Å². The number of hydrogen-bond donors (Lipinski definition) is 2. The Morgan fingerprint density at radius 1 is 1.21 bits per heavy atom. The summed E-state index contributed by atoms with van der Waals surface area (Å²) in [6.45, 7) is 10.3. The maximum absolute atomic E-state index is 11.4. The third-order valence-electron chi connectivity index (χ3n) is 5.47. The average Bonchev–Trinajstić information content (AvgIpc) is 2.99. The summed E-state index contributed by atoms with van der Waals surface area (Å²) in [5.41, 5.74) is 3.62. The zero-order valence-electron chi connectivity index (χ0n) is 18.7. The molecule has 8 nitrogen and oxygen atoms in total. The zero-order chi connectivity index (χ0) is 21.4. The normalized spacial score (nSPS) is 16.9.